The Labute approximate surface area is 196 Å². The molecule has 0 aliphatic rings. The fourth-order valence-electron chi connectivity index (χ4n) is 3.02. The molecule has 16 heteroatoms. The third-order valence-electron chi connectivity index (χ3n) is 5.54. The second-order valence-corrected chi connectivity index (χ2v) is 7.67. The molecule has 0 spiro atoms. The maximum absolute atomic E-state index is 12.0. The van der Waals surface area contributed by atoms with Gasteiger partial charge in [0.05, 0.1) is 40.4 Å². The smallest absolute Gasteiger partial charge is 0.319 e. The number of hydrogen-bond acceptors (Lipinski definition) is 13. The van der Waals surface area contributed by atoms with Gasteiger partial charge in [0.1, 0.15) is 39.3 Å². The lowest BCUT2D eigenvalue weighted by Crippen LogP contribution is -2.62. The van der Waals surface area contributed by atoms with Crippen molar-refractivity contribution in [1.82, 2.24) is 4.90 Å². The van der Waals surface area contributed by atoms with E-state index in [1.807, 2.05) is 0 Å². The van der Waals surface area contributed by atoms with Crippen molar-refractivity contribution >= 4 is 35.4 Å². The highest BCUT2D eigenvalue weighted by molar-refractivity contribution is 5.84. The van der Waals surface area contributed by atoms with E-state index >= 15 is 0 Å². The van der Waals surface area contributed by atoms with Crippen LogP contribution in [-0.4, -0.2) is 129 Å². The van der Waals surface area contributed by atoms with Crippen molar-refractivity contribution in [2.24, 2.45) is 17.2 Å². The summed E-state index contributed by atoms with van der Waals surface area (Å²) < 4.78 is -4.98. The van der Waals surface area contributed by atoms with Crippen LogP contribution < -0.4 is 17.2 Å². The number of imide groups is 3. The molecule has 6 amide bonds. The molecule has 194 valence electrons. The molecule has 16 nitrogen and oxygen atoms in total. The van der Waals surface area contributed by atoms with E-state index in [1.54, 1.807) is 0 Å². The number of amides is 6. The quantitative estimate of drug-likeness (QED) is 0.0861. The summed E-state index contributed by atoms with van der Waals surface area (Å²) in [4.78, 5) is 73.0. The minimum Gasteiger partial charge on any atom is -0.319 e. The van der Waals surface area contributed by atoms with E-state index in [2.05, 4.69) is 0 Å². The van der Waals surface area contributed by atoms with Crippen molar-refractivity contribution in [3.8, 4) is 0 Å². The Balaban J connectivity index is 5.92. The maximum Gasteiger partial charge on any atom is 0.366 e. The Hall–Kier alpha value is -2.38. The third-order valence-corrected chi connectivity index (χ3v) is 5.54. The van der Waals surface area contributed by atoms with Gasteiger partial charge in [-0.3, -0.25) is 4.90 Å². The normalized spacial score (nSPS) is 16.8. The van der Waals surface area contributed by atoms with E-state index in [4.69, 9.17) is 17.2 Å². The number of nitrogens with zero attached hydrogens (tertiary/aromatic N) is 4. The van der Waals surface area contributed by atoms with Crippen LogP contribution >= 0.6 is 0 Å². The van der Waals surface area contributed by atoms with E-state index in [9.17, 15) is 44.4 Å². The topological polar surface area (TPSA) is 244 Å². The monoisotopic (exact) mass is 494 g/mol. The number of quaternary nitrogens is 3. The standard InChI is InChI=1S/C18H36N7O9/c1-13(26)23(32,16(29)10-19)7-4-22(5-8-24(33,14(2)27)17(30)11-20)6-9-25(34,15(3)28)18(31)12-21/h32-34H,4-12,19-21H2,1-3H3/q+3. The first-order valence-corrected chi connectivity index (χ1v) is 10.3. The lowest BCUT2D eigenvalue weighted by atomic mass is 10.3. The van der Waals surface area contributed by atoms with Gasteiger partial charge in [-0.05, 0) is 0 Å². The highest BCUT2D eigenvalue weighted by Crippen LogP contribution is 2.10. The average Bonchev–Trinajstić information content (AvgIpc) is 2.80. The summed E-state index contributed by atoms with van der Waals surface area (Å²) in [5, 5.41) is 31.4. The highest BCUT2D eigenvalue weighted by Gasteiger charge is 2.44. The first-order chi connectivity index (χ1) is 15.6. The summed E-state index contributed by atoms with van der Waals surface area (Å²) in [6.07, 6.45) is 0. The van der Waals surface area contributed by atoms with Gasteiger partial charge >= 0.3 is 35.4 Å². The molecule has 0 aliphatic heterocycles. The zero-order valence-electron chi connectivity index (χ0n) is 19.7. The molecule has 0 saturated carbocycles. The fourth-order valence-corrected chi connectivity index (χ4v) is 3.02. The predicted molar refractivity (Wildman–Crippen MR) is 111 cm³/mol. The molecule has 0 bridgehead atoms. The van der Waals surface area contributed by atoms with Crippen molar-refractivity contribution in [3.63, 3.8) is 0 Å². The van der Waals surface area contributed by atoms with Crippen molar-refractivity contribution in [2.75, 3.05) is 58.9 Å². The van der Waals surface area contributed by atoms with Crippen LogP contribution in [0.15, 0.2) is 0 Å². The Morgan fingerprint density at radius 1 is 0.559 bits per heavy atom. The van der Waals surface area contributed by atoms with Crippen LogP contribution in [0.5, 0.6) is 0 Å². The molecule has 0 radical (unpaired) electrons. The van der Waals surface area contributed by atoms with Crippen LogP contribution in [-0.2, 0) is 28.8 Å². The zero-order valence-corrected chi connectivity index (χ0v) is 19.7. The van der Waals surface area contributed by atoms with Gasteiger partial charge < -0.3 is 17.2 Å². The summed E-state index contributed by atoms with van der Waals surface area (Å²) in [7, 11) is 0. The number of carbonyl (C=O) groups is 6. The molecule has 0 aromatic heterocycles. The van der Waals surface area contributed by atoms with Gasteiger partial charge in [-0.25, -0.2) is 44.4 Å². The van der Waals surface area contributed by atoms with Crippen LogP contribution in [0.2, 0.25) is 0 Å². The van der Waals surface area contributed by atoms with Crippen LogP contribution in [0, 0.1) is 0 Å². The Kier molecular flexibility index (Phi) is 12.0. The van der Waals surface area contributed by atoms with Crippen LogP contribution in [0.1, 0.15) is 20.8 Å². The second kappa shape index (κ2) is 12.9. The first-order valence-electron chi connectivity index (χ1n) is 10.3. The third kappa shape index (κ3) is 7.31. The Morgan fingerprint density at radius 2 is 0.765 bits per heavy atom. The minimum atomic E-state index is -1.66. The molecule has 0 aromatic carbocycles. The molecular formula is C18H36N7O9+3. The summed E-state index contributed by atoms with van der Waals surface area (Å²) in [5.41, 5.74) is 15.8. The SMILES string of the molecule is CC(=O)[N+](O)(CCN(CC[N+](O)(C(C)=O)C(=O)CN)CC[N+](O)(C(C)=O)C(=O)CN)C(=O)CN. The van der Waals surface area contributed by atoms with Crippen molar-refractivity contribution in [3.05, 3.63) is 0 Å². The summed E-state index contributed by atoms with van der Waals surface area (Å²) >= 11 is 0. The number of nitrogens with two attached hydrogens (primary N) is 3. The molecule has 0 heterocycles. The average molecular weight is 495 g/mol. The fraction of sp³-hybridized carbons (Fsp3) is 0.667. The summed E-state index contributed by atoms with van der Waals surface area (Å²) in [6, 6.07) is 0. The minimum absolute atomic E-state index is 0.273. The number of hydrogen-bond donors (Lipinski definition) is 6. The van der Waals surface area contributed by atoms with E-state index in [1.165, 1.54) is 4.90 Å². The zero-order chi connectivity index (χ0) is 26.9. The van der Waals surface area contributed by atoms with Gasteiger partial charge in [0.15, 0.2) is 0 Å². The highest BCUT2D eigenvalue weighted by atomic mass is 16.6. The number of carbonyl (C=O) groups excluding carboxylic acids is 6. The van der Waals surface area contributed by atoms with E-state index in [0.717, 1.165) is 20.8 Å². The van der Waals surface area contributed by atoms with Crippen LogP contribution in [0.4, 0.5) is 0 Å². The molecule has 34 heavy (non-hydrogen) atoms. The Bertz CT molecular complexity index is 719. The molecule has 0 fully saturated rings. The Morgan fingerprint density at radius 3 is 0.912 bits per heavy atom. The first kappa shape index (κ1) is 31.6. The van der Waals surface area contributed by atoms with Crippen molar-refractivity contribution in [2.45, 2.75) is 20.8 Å². The van der Waals surface area contributed by atoms with E-state index < -0.39 is 88.7 Å². The molecule has 0 saturated heterocycles. The largest absolute Gasteiger partial charge is 0.366 e. The lowest BCUT2D eigenvalue weighted by Gasteiger charge is -2.31. The van der Waals surface area contributed by atoms with E-state index in [-0.39, 0.29) is 19.6 Å². The number of rotatable bonds is 12. The van der Waals surface area contributed by atoms with Crippen LogP contribution in [0.3, 0.4) is 0 Å². The molecule has 9 N–H and O–H groups in total. The molecular weight excluding hydrogens is 458 g/mol. The van der Waals surface area contributed by atoms with Gasteiger partial charge in [0.2, 0.25) is 0 Å². The van der Waals surface area contributed by atoms with E-state index in [0.29, 0.717) is 0 Å². The second-order valence-electron chi connectivity index (χ2n) is 7.67. The summed E-state index contributed by atoms with van der Waals surface area (Å²) in [6.45, 7) is -1.44. The molecule has 0 aliphatic carbocycles. The maximum atomic E-state index is 12.0. The molecule has 0 aromatic rings. The van der Waals surface area contributed by atoms with Crippen LogP contribution in [0.25, 0.3) is 0 Å². The van der Waals surface area contributed by atoms with Crippen molar-refractivity contribution < 1.29 is 58.3 Å². The van der Waals surface area contributed by atoms with Crippen molar-refractivity contribution in [1.29, 1.82) is 0 Å². The van der Waals surface area contributed by atoms with Gasteiger partial charge in [-0.1, -0.05) is 13.9 Å². The lowest BCUT2D eigenvalue weighted by molar-refractivity contribution is -0.977. The van der Waals surface area contributed by atoms with Gasteiger partial charge in [-0.15, -0.1) is 0 Å². The number of hydroxylamine groups is 9. The van der Waals surface area contributed by atoms with Gasteiger partial charge in [-0.2, -0.15) is 0 Å². The summed E-state index contributed by atoms with van der Waals surface area (Å²) in [5.74, 6) is -5.81. The molecule has 3 unspecified atom stereocenters. The van der Waals surface area contributed by atoms with Gasteiger partial charge in [0.25, 0.3) is 0 Å². The molecule has 0 rings (SSSR count). The van der Waals surface area contributed by atoms with Gasteiger partial charge in [0, 0.05) is 0 Å². The molecule has 3 atom stereocenters. The predicted octanol–water partition coefficient (Wildman–Crippen LogP) is -4.00.